The Kier molecular flexibility index (Phi) is 4.60. The Morgan fingerprint density at radius 1 is 1.29 bits per heavy atom. The molecule has 0 fully saturated rings. The van der Waals surface area contributed by atoms with E-state index in [1.165, 1.54) is 11.1 Å². The summed E-state index contributed by atoms with van der Waals surface area (Å²) in [4.78, 5) is 0. The van der Waals surface area contributed by atoms with Crippen LogP contribution in [0, 0.1) is 0 Å². The first-order chi connectivity index (χ1) is 8.27. The van der Waals surface area contributed by atoms with E-state index >= 15 is 0 Å². The average molecular weight is 266 g/mol. The zero-order valence-corrected chi connectivity index (χ0v) is 11.4. The Balaban J connectivity index is 1.85. The molecule has 0 aliphatic carbocycles. The third-order valence-corrected chi connectivity index (χ3v) is 3.89. The van der Waals surface area contributed by atoms with Crippen molar-refractivity contribution in [3.8, 4) is 0 Å². The van der Waals surface area contributed by atoms with Gasteiger partial charge >= 0.3 is 0 Å². The molecule has 0 aliphatic rings. The molecule has 90 valence electrons. The molecule has 1 aromatic carbocycles. The van der Waals surface area contributed by atoms with Crippen LogP contribution in [0.5, 0.6) is 0 Å². The van der Waals surface area contributed by atoms with E-state index in [0.717, 1.165) is 18.0 Å². The largest absolute Gasteiger partial charge is 0.310 e. The highest BCUT2D eigenvalue weighted by molar-refractivity contribution is 7.07. The topological polar surface area (TPSA) is 12.0 Å². The zero-order valence-electron chi connectivity index (χ0n) is 9.82. The van der Waals surface area contributed by atoms with Gasteiger partial charge in [-0.3, -0.25) is 0 Å². The summed E-state index contributed by atoms with van der Waals surface area (Å²) < 4.78 is 0. The van der Waals surface area contributed by atoms with E-state index in [1.807, 2.05) is 18.2 Å². The summed E-state index contributed by atoms with van der Waals surface area (Å²) >= 11 is 7.91. The maximum absolute atomic E-state index is 6.16. The molecule has 3 heteroatoms. The first kappa shape index (κ1) is 12.6. The van der Waals surface area contributed by atoms with Crippen LogP contribution in [-0.2, 0) is 6.42 Å². The van der Waals surface area contributed by atoms with Crippen LogP contribution in [0.15, 0.2) is 41.1 Å². The second-order valence-electron chi connectivity index (χ2n) is 4.08. The van der Waals surface area contributed by atoms with Crippen LogP contribution in [0.2, 0.25) is 5.02 Å². The molecule has 2 aromatic rings. The number of benzene rings is 1. The van der Waals surface area contributed by atoms with Gasteiger partial charge in [-0.15, -0.1) is 0 Å². The minimum absolute atomic E-state index is 0.294. The number of thiophene rings is 1. The maximum Gasteiger partial charge on any atom is 0.0453 e. The van der Waals surface area contributed by atoms with Gasteiger partial charge in [0.2, 0.25) is 0 Å². The van der Waals surface area contributed by atoms with E-state index in [-0.39, 0.29) is 0 Å². The molecule has 0 amide bonds. The predicted molar refractivity (Wildman–Crippen MR) is 75.9 cm³/mol. The summed E-state index contributed by atoms with van der Waals surface area (Å²) in [5.41, 5.74) is 2.56. The third kappa shape index (κ3) is 3.56. The highest BCUT2D eigenvalue weighted by atomic mass is 35.5. The molecule has 0 unspecified atom stereocenters. The number of nitrogens with one attached hydrogen (secondary N) is 1. The van der Waals surface area contributed by atoms with Crippen LogP contribution >= 0.6 is 22.9 Å². The Labute approximate surface area is 111 Å². The maximum atomic E-state index is 6.16. The van der Waals surface area contributed by atoms with Gasteiger partial charge in [0, 0.05) is 11.1 Å². The van der Waals surface area contributed by atoms with E-state index in [9.17, 15) is 0 Å². The second-order valence-corrected chi connectivity index (χ2v) is 5.27. The van der Waals surface area contributed by atoms with Crippen molar-refractivity contribution in [3.05, 3.63) is 57.2 Å². The standard InChI is InChI=1S/C14H16ClNS/c1-11(13-4-2-3-5-14(13)15)16-8-6-12-7-9-17-10-12/h2-5,7,9-11,16H,6,8H2,1H3/t11-/m1/s1. The second kappa shape index (κ2) is 6.20. The molecule has 1 N–H and O–H groups in total. The molecule has 0 radical (unpaired) electrons. The van der Waals surface area contributed by atoms with Crippen molar-refractivity contribution in [1.82, 2.24) is 5.32 Å². The van der Waals surface area contributed by atoms with Crippen molar-refractivity contribution in [2.24, 2.45) is 0 Å². The van der Waals surface area contributed by atoms with Gasteiger partial charge in [0.15, 0.2) is 0 Å². The Morgan fingerprint density at radius 2 is 2.12 bits per heavy atom. The molecule has 17 heavy (non-hydrogen) atoms. The molecule has 2 rings (SSSR count). The molecule has 0 aliphatic heterocycles. The summed E-state index contributed by atoms with van der Waals surface area (Å²) in [6.45, 7) is 3.12. The summed E-state index contributed by atoms with van der Waals surface area (Å²) in [5, 5.41) is 8.65. The summed E-state index contributed by atoms with van der Waals surface area (Å²) in [5.74, 6) is 0. The third-order valence-electron chi connectivity index (χ3n) is 2.82. The highest BCUT2D eigenvalue weighted by Crippen LogP contribution is 2.21. The normalized spacial score (nSPS) is 12.6. The van der Waals surface area contributed by atoms with Gasteiger partial charge in [-0.05, 0) is 53.9 Å². The first-order valence-electron chi connectivity index (χ1n) is 5.76. The van der Waals surface area contributed by atoms with Gasteiger partial charge in [-0.1, -0.05) is 29.8 Å². The monoisotopic (exact) mass is 265 g/mol. The summed E-state index contributed by atoms with van der Waals surface area (Å²) in [6, 6.07) is 10.5. The van der Waals surface area contributed by atoms with Gasteiger partial charge in [-0.2, -0.15) is 11.3 Å². The Hall–Kier alpha value is -0.830. The van der Waals surface area contributed by atoms with E-state index < -0.39 is 0 Å². The van der Waals surface area contributed by atoms with E-state index in [4.69, 9.17) is 11.6 Å². The van der Waals surface area contributed by atoms with Crippen LogP contribution in [0.4, 0.5) is 0 Å². The molecule has 1 aromatic heterocycles. The van der Waals surface area contributed by atoms with Crippen molar-refractivity contribution in [2.75, 3.05) is 6.54 Å². The van der Waals surface area contributed by atoms with Gasteiger partial charge in [-0.25, -0.2) is 0 Å². The Bertz CT molecular complexity index is 453. The zero-order chi connectivity index (χ0) is 12.1. The lowest BCUT2D eigenvalue weighted by molar-refractivity contribution is 0.577. The van der Waals surface area contributed by atoms with Crippen molar-refractivity contribution >= 4 is 22.9 Å². The minimum Gasteiger partial charge on any atom is -0.310 e. The fourth-order valence-corrected chi connectivity index (χ4v) is 2.81. The van der Waals surface area contributed by atoms with Crippen molar-refractivity contribution < 1.29 is 0 Å². The van der Waals surface area contributed by atoms with E-state index in [2.05, 4.69) is 35.1 Å². The van der Waals surface area contributed by atoms with Crippen molar-refractivity contribution in [1.29, 1.82) is 0 Å². The smallest absolute Gasteiger partial charge is 0.0453 e. The van der Waals surface area contributed by atoms with E-state index in [1.54, 1.807) is 11.3 Å². The first-order valence-corrected chi connectivity index (χ1v) is 7.08. The van der Waals surface area contributed by atoms with Crippen LogP contribution in [0.25, 0.3) is 0 Å². The highest BCUT2D eigenvalue weighted by Gasteiger charge is 2.07. The molecule has 1 nitrogen and oxygen atoms in total. The molecule has 0 saturated carbocycles. The van der Waals surface area contributed by atoms with Gasteiger partial charge in [0.05, 0.1) is 0 Å². The number of hydrogen-bond acceptors (Lipinski definition) is 2. The summed E-state index contributed by atoms with van der Waals surface area (Å²) in [7, 11) is 0. The quantitative estimate of drug-likeness (QED) is 0.850. The van der Waals surface area contributed by atoms with Crippen LogP contribution < -0.4 is 5.32 Å². The molecule has 0 spiro atoms. The molecule has 1 heterocycles. The lowest BCUT2D eigenvalue weighted by Crippen LogP contribution is -2.21. The molecule has 0 saturated heterocycles. The van der Waals surface area contributed by atoms with Crippen LogP contribution in [0.1, 0.15) is 24.1 Å². The van der Waals surface area contributed by atoms with Crippen molar-refractivity contribution in [2.45, 2.75) is 19.4 Å². The SMILES string of the molecule is C[C@@H](NCCc1ccsc1)c1ccccc1Cl. The molecular weight excluding hydrogens is 250 g/mol. The van der Waals surface area contributed by atoms with Crippen LogP contribution in [-0.4, -0.2) is 6.54 Å². The van der Waals surface area contributed by atoms with Crippen LogP contribution in [0.3, 0.4) is 0 Å². The predicted octanol–water partition coefficient (Wildman–Crippen LogP) is 4.29. The van der Waals surface area contributed by atoms with Gasteiger partial charge in [0.25, 0.3) is 0 Å². The fraction of sp³-hybridized carbons (Fsp3) is 0.286. The number of hydrogen-bond donors (Lipinski definition) is 1. The molecule has 1 atom stereocenters. The summed E-state index contributed by atoms with van der Waals surface area (Å²) in [6.07, 6.45) is 1.07. The lowest BCUT2D eigenvalue weighted by atomic mass is 10.1. The van der Waals surface area contributed by atoms with Gasteiger partial charge < -0.3 is 5.32 Å². The van der Waals surface area contributed by atoms with Crippen molar-refractivity contribution in [3.63, 3.8) is 0 Å². The number of halogens is 1. The number of rotatable bonds is 5. The molecular formula is C14H16ClNS. The fourth-order valence-electron chi connectivity index (χ4n) is 1.80. The minimum atomic E-state index is 0.294. The lowest BCUT2D eigenvalue weighted by Gasteiger charge is -2.15. The Morgan fingerprint density at radius 3 is 2.82 bits per heavy atom. The average Bonchev–Trinajstić information content (AvgIpc) is 2.82. The van der Waals surface area contributed by atoms with E-state index in [0.29, 0.717) is 6.04 Å². The molecule has 0 bridgehead atoms. The van der Waals surface area contributed by atoms with Gasteiger partial charge in [0.1, 0.15) is 0 Å².